The largest absolute Gasteiger partial charge is 0.393 e. The third-order valence-corrected chi connectivity index (χ3v) is 6.31. The molecule has 4 aliphatic rings. The zero-order chi connectivity index (χ0) is 12.3. The van der Waals surface area contributed by atoms with E-state index in [0.29, 0.717) is 17.4 Å². The van der Waals surface area contributed by atoms with Gasteiger partial charge in [0.2, 0.25) is 0 Å². The summed E-state index contributed by atoms with van der Waals surface area (Å²) in [7, 11) is 0. The van der Waals surface area contributed by atoms with Crippen molar-refractivity contribution < 1.29 is 5.11 Å². The second-order valence-corrected chi connectivity index (χ2v) is 7.13. The van der Waals surface area contributed by atoms with Crippen LogP contribution in [0.5, 0.6) is 0 Å². The number of rotatable bonds is 0. The van der Waals surface area contributed by atoms with Crippen molar-refractivity contribution in [3.8, 4) is 0 Å². The molecule has 0 amide bonds. The minimum absolute atomic E-state index is 0.0449. The lowest BCUT2D eigenvalue weighted by atomic mass is 9.50. The molecule has 2 aliphatic heterocycles. The molecule has 4 rings (SSSR count). The van der Waals surface area contributed by atoms with Crippen LogP contribution in [0.25, 0.3) is 0 Å². The molecule has 2 bridgehead atoms. The van der Waals surface area contributed by atoms with Crippen LogP contribution in [0.2, 0.25) is 0 Å². The molecule has 1 N–H and O–H groups in total. The van der Waals surface area contributed by atoms with Gasteiger partial charge in [0.15, 0.2) is 0 Å². The van der Waals surface area contributed by atoms with Gasteiger partial charge in [-0.15, -0.1) is 0 Å². The first-order valence-corrected chi connectivity index (χ1v) is 7.82. The Hall–Kier alpha value is -0.340. The lowest BCUT2D eigenvalue weighted by Crippen LogP contribution is -2.70. The Morgan fingerprint density at radius 3 is 2.72 bits per heavy atom. The van der Waals surface area contributed by atoms with Gasteiger partial charge in [0.1, 0.15) is 0 Å². The van der Waals surface area contributed by atoms with Gasteiger partial charge >= 0.3 is 0 Å². The van der Waals surface area contributed by atoms with Crippen LogP contribution in [0, 0.1) is 17.8 Å². The van der Waals surface area contributed by atoms with E-state index in [2.05, 4.69) is 17.9 Å². The Morgan fingerprint density at radius 1 is 1.22 bits per heavy atom. The molecule has 2 nitrogen and oxygen atoms in total. The monoisotopic (exact) mass is 247 g/mol. The normalized spacial score (nSPS) is 51.6. The minimum atomic E-state index is -0.0449. The maximum absolute atomic E-state index is 10.6. The molecule has 2 heteroatoms. The molecule has 100 valence electrons. The van der Waals surface area contributed by atoms with Crippen LogP contribution in [0.4, 0.5) is 0 Å². The third kappa shape index (κ3) is 1.31. The lowest BCUT2D eigenvalue weighted by Gasteiger charge is -2.66. The number of allylic oxidation sites excluding steroid dienone is 1. The fraction of sp³-hybridized carbons (Fsp3) is 0.875. The van der Waals surface area contributed by atoms with Crippen molar-refractivity contribution >= 4 is 0 Å². The first-order valence-electron chi connectivity index (χ1n) is 7.82. The molecule has 0 aromatic carbocycles. The topological polar surface area (TPSA) is 23.5 Å². The SMILES string of the molecule is CC1=C[C@@H]2C[C@@H](O)[C@H]3CCCN4CCC[C@H]2[C@]34C1. The molecular weight excluding hydrogens is 222 g/mol. The highest BCUT2D eigenvalue weighted by molar-refractivity contribution is 5.25. The van der Waals surface area contributed by atoms with Crippen LogP contribution in [0.3, 0.4) is 0 Å². The van der Waals surface area contributed by atoms with E-state index in [1.807, 2.05) is 0 Å². The van der Waals surface area contributed by atoms with E-state index in [1.165, 1.54) is 45.2 Å². The summed E-state index contributed by atoms with van der Waals surface area (Å²) in [5, 5.41) is 10.6. The first-order chi connectivity index (χ1) is 8.72. The van der Waals surface area contributed by atoms with Crippen LogP contribution in [-0.4, -0.2) is 34.7 Å². The Bertz CT molecular complexity index is 389. The Labute approximate surface area is 110 Å². The average molecular weight is 247 g/mol. The second kappa shape index (κ2) is 3.83. The maximum atomic E-state index is 10.6. The van der Waals surface area contributed by atoms with E-state index in [1.54, 1.807) is 5.57 Å². The zero-order valence-electron chi connectivity index (χ0n) is 11.4. The Balaban J connectivity index is 1.85. The molecule has 0 aromatic rings. The van der Waals surface area contributed by atoms with Crippen molar-refractivity contribution in [3.63, 3.8) is 0 Å². The highest BCUT2D eigenvalue weighted by Gasteiger charge is 2.60. The number of hydrogen-bond acceptors (Lipinski definition) is 2. The molecule has 0 unspecified atom stereocenters. The number of hydrogen-bond donors (Lipinski definition) is 1. The summed E-state index contributed by atoms with van der Waals surface area (Å²) in [6.45, 7) is 4.87. The van der Waals surface area contributed by atoms with E-state index in [-0.39, 0.29) is 6.10 Å². The van der Waals surface area contributed by atoms with Crippen molar-refractivity contribution in [2.45, 2.75) is 57.1 Å². The Kier molecular flexibility index (Phi) is 2.44. The first kappa shape index (κ1) is 11.5. The molecule has 3 fully saturated rings. The average Bonchev–Trinajstić information content (AvgIpc) is 2.33. The minimum Gasteiger partial charge on any atom is -0.393 e. The van der Waals surface area contributed by atoms with E-state index in [0.717, 1.165) is 12.3 Å². The van der Waals surface area contributed by atoms with E-state index < -0.39 is 0 Å². The fourth-order valence-electron chi connectivity index (χ4n) is 5.92. The summed E-state index contributed by atoms with van der Waals surface area (Å²) in [5.74, 6) is 2.05. The molecule has 0 radical (unpaired) electrons. The molecule has 18 heavy (non-hydrogen) atoms. The highest BCUT2D eigenvalue weighted by atomic mass is 16.3. The predicted molar refractivity (Wildman–Crippen MR) is 72.2 cm³/mol. The number of piperidine rings is 2. The molecule has 1 spiro atoms. The van der Waals surface area contributed by atoms with Crippen molar-refractivity contribution in [3.05, 3.63) is 11.6 Å². The van der Waals surface area contributed by atoms with E-state index >= 15 is 0 Å². The lowest BCUT2D eigenvalue weighted by molar-refractivity contribution is -0.162. The van der Waals surface area contributed by atoms with E-state index in [9.17, 15) is 5.11 Å². The van der Waals surface area contributed by atoms with Crippen molar-refractivity contribution in [2.24, 2.45) is 17.8 Å². The number of nitrogens with zero attached hydrogens (tertiary/aromatic N) is 1. The molecule has 5 atom stereocenters. The van der Waals surface area contributed by atoms with Gasteiger partial charge in [0, 0.05) is 11.5 Å². The summed E-state index contributed by atoms with van der Waals surface area (Å²) in [5.41, 5.74) is 1.93. The smallest absolute Gasteiger partial charge is 0.0592 e. The second-order valence-electron chi connectivity index (χ2n) is 7.13. The standard InChI is InChI=1S/C16H25NO/c1-11-8-12-9-15(18)14-5-3-7-17-6-2-4-13(12)16(14,17)10-11/h8,12-15,18H,2-7,9-10H2,1H3/t12-,13-,14-,15-,16-/m1/s1. The van der Waals surface area contributed by atoms with Crippen LogP contribution < -0.4 is 0 Å². The molecule has 2 heterocycles. The predicted octanol–water partition coefficient (Wildman–Crippen LogP) is 2.58. The number of aliphatic hydroxyl groups is 1. The summed E-state index contributed by atoms with van der Waals surface area (Å²) in [6, 6.07) is 0. The molecule has 2 saturated heterocycles. The molecule has 0 aromatic heterocycles. The van der Waals surface area contributed by atoms with Gasteiger partial charge in [0.25, 0.3) is 0 Å². The fourth-order valence-corrected chi connectivity index (χ4v) is 5.92. The van der Waals surface area contributed by atoms with E-state index in [4.69, 9.17) is 0 Å². The van der Waals surface area contributed by atoms with Crippen LogP contribution in [0.15, 0.2) is 11.6 Å². The van der Waals surface area contributed by atoms with Gasteiger partial charge in [-0.25, -0.2) is 0 Å². The molecule has 2 aliphatic carbocycles. The van der Waals surface area contributed by atoms with Crippen molar-refractivity contribution in [1.82, 2.24) is 4.90 Å². The van der Waals surface area contributed by atoms with Crippen molar-refractivity contribution in [2.75, 3.05) is 13.1 Å². The van der Waals surface area contributed by atoms with Gasteiger partial charge in [-0.1, -0.05) is 11.6 Å². The summed E-state index contributed by atoms with van der Waals surface area (Å²) in [4.78, 5) is 2.78. The number of aliphatic hydroxyl groups excluding tert-OH is 1. The summed E-state index contributed by atoms with van der Waals surface area (Å²) in [6.07, 6.45) is 10.0. The summed E-state index contributed by atoms with van der Waals surface area (Å²) >= 11 is 0. The van der Waals surface area contributed by atoms with Crippen LogP contribution in [0.1, 0.15) is 45.4 Å². The molecular formula is C16H25NO. The third-order valence-electron chi connectivity index (χ3n) is 6.31. The maximum Gasteiger partial charge on any atom is 0.0592 e. The van der Waals surface area contributed by atoms with Gasteiger partial charge < -0.3 is 5.11 Å². The van der Waals surface area contributed by atoms with Gasteiger partial charge in [-0.05, 0) is 70.4 Å². The van der Waals surface area contributed by atoms with Gasteiger partial charge in [0.05, 0.1) is 6.10 Å². The van der Waals surface area contributed by atoms with Gasteiger partial charge in [-0.2, -0.15) is 0 Å². The quantitative estimate of drug-likeness (QED) is 0.665. The van der Waals surface area contributed by atoms with Crippen molar-refractivity contribution in [1.29, 1.82) is 0 Å². The van der Waals surface area contributed by atoms with Gasteiger partial charge in [-0.3, -0.25) is 4.90 Å². The molecule has 1 saturated carbocycles. The zero-order valence-corrected chi connectivity index (χ0v) is 11.4. The summed E-state index contributed by atoms with van der Waals surface area (Å²) < 4.78 is 0. The van der Waals surface area contributed by atoms with Crippen LogP contribution in [-0.2, 0) is 0 Å². The van der Waals surface area contributed by atoms with Crippen LogP contribution >= 0.6 is 0 Å². The Morgan fingerprint density at radius 2 is 1.94 bits per heavy atom. The highest BCUT2D eigenvalue weighted by Crippen LogP contribution is 2.58.